The summed E-state index contributed by atoms with van der Waals surface area (Å²) in [6.07, 6.45) is 2.51. The zero-order chi connectivity index (χ0) is 13.4. The molecule has 3 N–H and O–H groups in total. The van der Waals surface area contributed by atoms with Gasteiger partial charge in [-0.3, -0.25) is 0 Å². The van der Waals surface area contributed by atoms with E-state index < -0.39 is 5.60 Å². The van der Waals surface area contributed by atoms with Gasteiger partial charge in [-0.15, -0.1) is 0 Å². The first-order valence-corrected chi connectivity index (χ1v) is 6.60. The van der Waals surface area contributed by atoms with E-state index in [-0.39, 0.29) is 5.41 Å². The SMILES string of the molecule is CCC(C)(CN)C1(O)CCc2ccc(OC)cc21. The van der Waals surface area contributed by atoms with Gasteiger partial charge in [-0.05, 0) is 42.5 Å². The molecule has 1 aromatic carbocycles. The zero-order valence-corrected chi connectivity index (χ0v) is 11.5. The van der Waals surface area contributed by atoms with E-state index >= 15 is 0 Å². The molecule has 1 aromatic rings. The number of fused-ring (bicyclic) bond motifs is 1. The van der Waals surface area contributed by atoms with Crippen molar-refractivity contribution in [3.63, 3.8) is 0 Å². The second-order valence-corrected chi connectivity index (χ2v) is 5.50. The van der Waals surface area contributed by atoms with Gasteiger partial charge in [-0.1, -0.05) is 19.9 Å². The number of nitrogens with two attached hydrogens (primary N) is 1. The Balaban J connectivity index is 2.52. The van der Waals surface area contributed by atoms with Crippen molar-refractivity contribution in [2.45, 2.75) is 38.7 Å². The second kappa shape index (κ2) is 4.56. The van der Waals surface area contributed by atoms with Gasteiger partial charge in [0.2, 0.25) is 0 Å². The lowest BCUT2D eigenvalue weighted by molar-refractivity contribution is -0.0790. The number of aliphatic hydroxyl groups is 1. The van der Waals surface area contributed by atoms with E-state index in [1.54, 1.807) is 7.11 Å². The van der Waals surface area contributed by atoms with Gasteiger partial charge in [0, 0.05) is 12.0 Å². The lowest BCUT2D eigenvalue weighted by atomic mass is 9.68. The van der Waals surface area contributed by atoms with Crippen molar-refractivity contribution in [1.82, 2.24) is 0 Å². The molecule has 0 aliphatic heterocycles. The fourth-order valence-electron chi connectivity index (χ4n) is 2.97. The third kappa shape index (κ3) is 1.73. The van der Waals surface area contributed by atoms with Crippen LogP contribution in [0, 0.1) is 5.41 Å². The maximum Gasteiger partial charge on any atom is 0.119 e. The minimum absolute atomic E-state index is 0.287. The minimum atomic E-state index is -0.833. The summed E-state index contributed by atoms with van der Waals surface area (Å²) >= 11 is 0. The van der Waals surface area contributed by atoms with Crippen molar-refractivity contribution in [2.24, 2.45) is 11.1 Å². The summed E-state index contributed by atoms with van der Waals surface area (Å²) < 4.78 is 5.27. The monoisotopic (exact) mass is 249 g/mol. The molecule has 2 unspecified atom stereocenters. The van der Waals surface area contributed by atoms with E-state index in [0.717, 1.165) is 30.6 Å². The molecule has 0 radical (unpaired) electrons. The fraction of sp³-hybridized carbons (Fsp3) is 0.600. The Hall–Kier alpha value is -1.06. The Morgan fingerprint density at radius 1 is 1.50 bits per heavy atom. The van der Waals surface area contributed by atoms with Gasteiger partial charge in [0.1, 0.15) is 5.75 Å². The van der Waals surface area contributed by atoms with Gasteiger partial charge in [-0.25, -0.2) is 0 Å². The summed E-state index contributed by atoms with van der Waals surface area (Å²) in [6.45, 7) is 4.64. The van der Waals surface area contributed by atoms with Crippen molar-refractivity contribution < 1.29 is 9.84 Å². The predicted molar refractivity (Wildman–Crippen MR) is 72.7 cm³/mol. The topological polar surface area (TPSA) is 55.5 Å². The molecule has 0 aromatic heterocycles. The standard InChI is InChI=1S/C15H23NO2/c1-4-14(2,10-16)15(17)8-7-11-5-6-12(18-3)9-13(11)15/h5-6,9,17H,4,7-8,10,16H2,1-3H3. The van der Waals surface area contributed by atoms with Crippen LogP contribution < -0.4 is 10.5 Å². The highest BCUT2D eigenvalue weighted by atomic mass is 16.5. The van der Waals surface area contributed by atoms with Crippen LogP contribution in [0.25, 0.3) is 0 Å². The van der Waals surface area contributed by atoms with E-state index in [1.165, 1.54) is 5.56 Å². The third-order valence-corrected chi connectivity index (χ3v) is 4.75. The van der Waals surface area contributed by atoms with Crippen LogP contribution in [-0.4, -0.2) is 18.8 Å². The Bertz CT molecular complexity index is 440. The Labute approximate surface area is 109 Å². The maximum atomic E-state index is 11.1. The molecule has 3 heteroatoms. The number of methoxy groups -OCH3 is 1. The van der Waals surface area contributed by atoms with E-state index in [2.05, 4.69) is 19.9 Å². The van der Waals surface area contributed by atoms with Crippen molar-refractivity contribution in [3.8, 4) is 5.75 Å². The van der Waals surface area contributed by atoms with Crippen LogP contribution in [0.5, 0.6) is 5.75 Å². The Morgan fingerprint density at radius 2 is 2.22 bits per heavy atom. The molecular weight excluding hydrogens is 226 g/mol. The molecule has 0 spiro atoms. The molecule has 1 aliphatic carbocycles. The van der Waals surface area contributed by atoms with Gasteiger partial charge in [-0.2, -0.15) is 0 Å². The number of ether oxygens (including phenoxy) is 1. The molecule has 0 saturated carbocycles. The molecule has 100 valence electrons. The van der Waals surface area contributed by atoms with Crippen LogP contribution in [0.15, 0.2) is 18.2 Å². The van der Waals surface area contributed by atoms with Crippen molar-refractivity contribution in [2.75, 3.05) is 13.7 Å². The van der Waals surface area contributed by atoms with Crippen molar-refractivity contribution >= 4 is 0 Å². The van der Waals surface area contributed by atoms with Crippen LogP contribution in [0.1, 0.15) is 37.8 Å². The van der Waals surface area contributed by atoms with E-state index in [4.69, 9.17) is 10.5 Å². The fourth-order valence-corrected chi connectivity index (χ4v) is 2.97. The van der Waals surface area contributed by atoms with E-state index in [0.29, 0.717) is 6.54 Å². The summed E-state index contributed by atoms with van der Waals surface area (Å²) in [6, 6.07) is 5.97. The van der Waals surface area contributed by atoms with Crippen LogP contribution in [-0.2, 0) is 12.0 Å². The highest BCUT2D eigenvalue weighted by molar-refractivity contribution is 5.44. The molecule has 0 heterocycles. The lowest BCUT2D eigenvalue weighted by Gasteiger charge is -2.42. The molecule has 1 aliphatic rings. The van der Waals surface area contributed by atoms with Crippen LogP contribution in [0.2, 0.25) is 0 Å². The first-order valence-electron chi connectivity index (χ1n) is 6.60. The average Bonchev–Trinajstić information content (AvgIpc) is 2.76. The average molecular weight is 249 g/mol. The summed E-state index contributed by atoms with van der Waals surface area (Å²) in [7, 11) is 1.65. The van der Waals surface area contributed by atoms with Crippen molar-refractivity contribution in [1.29, 1.82) is 0 Å². The first-order chi connectivity index (χ1) is 8.50. The van der Waals surface area contributed by atoms with Gasteiger partial charge in [0.25, 0.3) is 0 Å². The Morgan fingerprint density at radius 3 is 2.78 bits per heavy atom. The van der Waals surface area contributed by atoms with Gasteiger partial charge < -0.3 is 15.6 Å². The summed E-state index contributed by atoms with van der Waals surface area (Å²) in [5, 5.41) is 11.1. The van der Waals surface area contributed by atoms with Crippen LogP contribution >= 0.6 is 0 Å². The second-order valence-electron chi connectivity index (χ2n) is 5.50. The quantitative estimate of drug-likeness (QED) is 0.860. The maximum absolute atomic E-state index is 11.1. The van der Waals surface area contributed by atoms with E-state index in [9.17, 15) is 5.11 Å². The highest BCUT2D eigenvalue weighted by Gasteiger charge is 2.49. The number of aryl methyl sites for hydroxylation is 1. The third-order valence-electron chi connectivity index (χ3n) is 4.75. The molecule has 0 bridgehead atoms. The molecule has 0 amide bonds. The van der Waals surface area contributed by atoms with Crippen molar-refractivity contribution in [3.05, 3.63) is 29.3 Å². The zero-order valence-electron chi connectivity index (χ0n) is 11.5. The first kappa shape index (κ1) is 13.4. The molecule has 2 atom stereocenters. The van der Waals surface area contributed by atoms with Gasteiger partial charge in [0.05, 0.1) is 12.7 Å². The number of hydrogen-bond donors (Lipinski definition) is 2. The van der Waals surface area contributed by atoms with Crippen LogP contribution in [0.3, 0.4) is 0 Å². The summed E-state index contributed by atoms with van der Waals surface area (Å²) in [5.74, 6) is 0.796. The number of rotatable bonds is 4. The predicted octanol–water partition coefficient (Wildman–Crippen LogP) is 2.20. The number of hydrogen-bond acceptors (Lipinski definition) is 3. The Kier molecular flexibility index (Phi) is 3.39. The minimum Gasteiger partial charge on any atom is -0.497 e. The van der Waals surface area contributed by atoms with Gasteiger partial charge >= 0.3 is 0 Å². The summed E-state index contributed by atoms with van der Waals surface area (Å²) in [5.41, 5.74) is 7.01. The normalized spacial score (nSPS) is 25.6. The molecule has 3 nitrogen and oxygen atoms in total. The molecule has 2 rings (SSSR count). The van der Waals surface area contributed by atoms with E-state index in [1.807, 2.05) is 12.1 Å². The highest BCUT2D eigenvalue weighted by Crippen LogP contribution is 2.50. The molecule has 0 fully saturated rings. The smallest absolute Gasteiger partial charge is 0.119 e. The molecule has 0 saturated heterocycles. The lowest BCUT2D eigenvalue weighted by Crippen LogP contribution is -2.46. The molecule has 18 heavy (non-hydrogen) atoms. The molecular formula is C15H23NO2. The van der Waals surface area contributed by atoms with Crippen LogP contribution in [0.4, 0.5) is 0 Å². The largest absolute Gasteiger partial charge is 0.497 e. The summed E-state index contributed by atoms with van der Waals surface area (Å²) in [4.78, 5) is 0. The number of benzene rings is 1. The van der Waals surface area contributed by atoms with Gasteiger partial charge in [0.15, 0.2) is 0 Å².